The summed E-state index contributed by atoms with van der Waals surface area (Å²) in [6.07, 6.45) is 7.63. The van der Waals surface area contributed by atoms with Crippen molar-refractivity contribution < 1.29 is 0 Å². The highest BCUT2D eigenvalue weighted by Gasteiger charge is 2.14. The van der Waals surface area contributed by atoms with Gasteiger partial charge in [0.05, 0.1) is 6.54 Å². The van der Waals surface area contributed by atoms with Gasteiger partial charge >= 0.3 is 0 Å². The van der Waals surface area contributed by atoms with Crippen LogP contribution in [0, 0.1) is 12.3 Å². The van der Waals surface area contributed by atoms with Crippen molar-refractivity contribution >= 4 is 5.69 Å². The lowest BCUT2D eigenvalue weighted by molar-refractivity contribution is 0.518. The molecule has 0 heterocycles. The molecule has 0 radical (unpaired) electrons. The summed E-state index contributed by atoms with van der Waals surface area (Å²) in [7, 11) is 2.05. The SMILES string of the molecule is C#CCN(C)c1ccccc1C(CC)NCCC. The number of hydrogen-bond acceptors (Lipinski definition) is 2. The van der Waals surface area contributed by atoms with E-state index in [4.69, 9.17) is 6.42 Å². The Bertz CT molecular complexity index is 392. The minimum absolute atomic E-state index is 0.404. The van der Waals surface area contributed by atoms with E-state index in [2.05, 4.69) is 54.3 Å². The normalized spacial score (nSPS) is 11.9. The molecule has 1 aromatic carbocycles. The molecule has 0 aliphatic carbocycles. The first-order chi connectivity index (χ1) is 8.74. The van der Waals surface area contributed by atoms with E-state index in [1.807, 2.05) is 7.05 Å². The van der Waals surface area contributed by atoms with Gasteiger partial charge in [-0.1, -0.05) is 38.0 Å². The van der Waals surface area contributed by atoms with Crippen molar-refractivity contribution in [3.63, 3.8) is 0 Å². The van der Waals surface area contributed by atoms with Crippen LogP contribution in [0.5, 0.6) is 0 Å². The van der Waals surface area contributed by atoms with E-state index < -0.39 is 0 Å². The van der Waals surface area contributed by atoms with Gasteiger partial charge in [0.25, 0.3) is 0 Å². The van der Waals surface area contributed by atoms with Crippen molar-refractivity contribution in [2.75, 3.05) is 25.0 Å². The van der Waals surface area contributed by atoms with Crippen molar-refractivity contribution in [2.24, 2.45) is 0 Å². The maximum Gasteiger partial charge on any atom is 0.0788 e. The summed E-state index contributed by atoms with van der Waals surface area (Å²) in [5, 5.41) is 3.59. The van der Waals surface area contributed by atoms with Gasteiger partial charge in [0.2, 0.25) is 0 Å². The number of terminal acetylenes is 1. The molecular weight excluding hydrogens is 220 g/mol. The molecule has 0 aliphatic rings. The van der Waals surface area contributed by atoms with Crippen LogP contribution in [0.1, 0.15) is 38.3 Å². The number of benzene rings is 1. The van der Waals surface area contributed by atoms with Gasteiger partial charge in [-0.3, -0.25) is 0 Å². The Labute approximate surface area is 111 Å². The molecular formula is C16H24N2. The molecule has 18 heavy (non-hydrogen) atoms. The van der Waals surface area contributed by atoms with Crippen molar-refractivity contribution in [3.05, 3.63) is 29.8 Å². The third-order valence-electron chi connectivity index (χ3n) is 3.10. The van der Waals surface area contributed by atoms with Crippen LogP contribution in [0.15, 0.2) is 24.3 Å². The molecule has 2 heteroatoms. The minimum Gasteiger partial charge on any atom is -0.363 e. The van der Waals surface area contributed by atoms with Crippen LogP contribution in [-0.4, -0.2) is 20.1 Å². The standard InChI is InChI=1S/C16H24N2/c1-5-12-17-15(7-3)14-10-8-9-11-16(14)18(4)13-6-2/h2,8-11,15,17H,5,7,12-13H2,1,3-4H3. The number of para-hydroxylation sites is 1. The molecule has 0 aromatic heterocycles. The quantitative estimate of drug-likeness (QED) is 0.741. The van der Waals surface area contributed by atoms with Crippen molar-refractivity contribution in [2.45, 2.75) is 32.7 Å². The second kappa shape index (κ2) is 7.79. The fourth-order valence-corrected chi connectivity index (χ4v) is 2.14. The predicted molar refractivity (Wildman–Crippen MR) is 79.9 cm³/mol. The summed E-state index contributed by atoms with van der Waals surface area (Å²) in [5.41, 5.74) is 2.57. The molecule has 0 bridgehead atoms. The van der Waals surface area contributed by atoms with Crippen LogP contribution in [0.4, 0.5) is 5.69 Å². The zero-order valence-corrected chi connectivity index (χ0v) is 11.7. The zero-order chi connectivity index (χ0) is 13.4. The van der Waals surface area contributed by atoms with Gasteiger partial charge in [0.1, 0.15) is 0 Å². The van der Waals surface area contributed by atoms with Crippen LogP contribution < -0.4 is 10.2 Å². The van der Waals surface area contributed by atoms with Gasteiger partial charge < -0.3 is 10.2 Å². The third-order valence-corrected chi connectivity index (χ3v) is 3.10. The minimum atomic E-state index is 0.404. The second-order valence-corrected chi connectivity index (χ2v) is 4.53. The lowest BCUT2D eigenvalue weighted by atomic mass is 10.0. The molecule has 0 aliphatic heterocycles. The van der Waals surface area contributed by atoms with E-state index in [1.54, 1.807) is 0 Å². The molecule has 0 fully saturated rings. The number of anilines is 1. The van der Waals surface area contributed by atoms with Crippen LogP contribution >= 0.6 is 0 Å². The second-order valence-electron chi connectivity index (χ2n) is 4.53. The predicted octanol–water partition coefficient (Wildman–Crippen LogP) is 3.21. The summed E-state index contributed by atoms with van der Waals surface area (Å²) in [6, 6.07) is 8.90. The summed E-state index contributed by atoms with van der Waals surface area (Å²) in [6.45, 7) is 6.09. The molecule has 0 saturated carbocycles. The maximum atomic E-state index is 5.40. The van der Waals surface area contributed by atoms with Gasteiger partial charge in [0.15, 0.2) is 0 Å². The van der Waals surface area contributed by atoms with E-state index in [0.717, 1.165) is 19.4 Å². The first-order valence-corrected chi connectivity index (χ1v) is 6.71. The molecule has 98 valence electrons. The highest BCUT2D eigenvalue weighted by atomic mass is 15.1. The Kier molecular flexibility index (Phi) is 6.32. The molecule has 0 amide bonds. The van der Waals surface area contributed by atoms with Gasteiger partial charge in [0, 0.05) is 18.8 Å². The van der Waals surface area contributed by atoms with Gasteiger partial charge in [-0.05, 0) is 31.0 Å². The summed E-state index contributed by atoms with van der Waals surface area (Å²) < 4.78 is 0. The number of nitrogens with zero attached hydrogens (tertiary/aromatic N) is 1. The van der Waals surface area contributed by atoms with Crippen LogP contribution in [0.2, 0.25) is 0 Å². The Morgan fingerprint density at radius 3 is 2.67 bits per heavy atom. The lowest BCUT2D eigenvalue weighted by Crippen LogP contribution is -2.25. The van der Waals surface area contributed by atoms with Crippen molar-refractivity contribution in [1.29, 1.82) is 0 Å². The maximum absolute atomic E-state index is 5.40. The average molecular weight is 244 g/mol. The highest BCUT2D eigenvalue weighted by molar-refractivity contribution is 5.55. The van der Waals surface area contributed by atoms with E-state index in [0.29, 0.717) is 12.6 Å². The Morgan fingerprint density at radius 1 is 1.33 bits per heavy atom. The molecule has 1 rings (SSSR count). The average Bonchev–Trinajstić information content (AvgIpc) is 2.40. The molecule has 1 aromatic rings. The number of hydrogen-bond donors (Lipinski definition) is 1. The van der Waals surface area contributed by atoms with E-state index in [1.165, 1.54) is 11.3 Å². The molecule has 1 N–H and O–H groups in total. The third kappa shape index (κ3) is 3.78. The molecule has 1 atom stereocenters. The number of rotatable bonds is 7. The molecule has 1 unspecified atom stereocenters. The summed E-state index contributed by atoms with van der Waals surface area (Å²) in [4.78, 5) is 2.13. The highest BCUT2D eigenvalue weighted by Crippen LogP contribution is 2.27. The van der Waals surface area contributed by atoms with E-state index in [-0.39, 0.29) is 0 Å². The topological polar surface area (TPSA) is 15.3 Å². The first-order valence-electron chi connectivity index (χ1n) is 6.71. The monoisotopic (exact) mass is 244 g/mol. The van der Waals surface area contributed by atoms with E-state index >= 15 is 0 Å². The summed E-state index contributed by atoms with van der Waals surface area (Å²) in [5.74, 6) is 2.70. The molecule has 0 spiro atoms. The molecule has 2 nitrogen and oxygen atoms in total. The van der Waals surface area contributed by atoms with Crippen LogP contribution in [-0.2, 0) is 0 Å². The van der Waals surface area contributed by atoms with Gasteiger partial charge in [-0.15, -0.1) is 6.42 Å². The largest absolute Gasteiger partial charge is 0.363 e. The Morgan fingerprint density at radius 2 is 2.06 bits per heavy atom. The van der Waals surface area contributed by atoms with Gasteiger partial charge in [-0.2, -0.15) is 0 Å². The van der Waals surface area contributed by atoms with Gasteiger partial charge in [-0.25, -0.2) is 0 Å². The molecule has 0 saturated heterocycles. The van der Waals surface area contributed by atoms with Crippen molar-refractivity contribution in [1.82, 2.24) is 5.32 Å². The van der Waals surface area contributed by atoms with Crippen molar-refractivity contribution in [3.8, 4) is 12.3 Å². The van der Waals surface area contributed by atoms with Crippen LogP contribution in [0.3, 0.4) is 0 Å². The Hall–Kier alpha value is -1.46. The lowest BCUT2D eigenvalue weighted by Gasteiger charge is -2.25. The first kappa shape index (κ1) is 14.6. The van der Waals surface area contributed by atoms with Crippen LogP contribution in [0.25, 0.3) is 0 Å². The zero-order valence-electron chi connectivity index (χ0n) is 11.7. The fourth-order valence-electron chi connectivity index (χ4n) is 2.14. The Balaban J connectivity index is 2.95. The summed E-state index contributed by atoms with van der Waals surface area (Å²) >= 11 is 0. The fraction of sp³-hybridized carbons (Fsp3) is 0.500. The smallest absolute Gasteiger partial charge is 0.0788 e. The van der Waals surface area contributed by atoms with E-state index in [9.17, 15) is 0 Å². The number of nitrogens with one attached hydrogen (secondary N) is 1.